The monoisotopic (exact) mass is 339 g/mol. The number of nitrogens with zero attached hydrogens (tertiary/aromatic N) is 4. The molecule has 0 bridgehead atoms. The standard InChI is InChI=1S/C15H25N5O2S/c1-11(2)6-13(10-19(3)4)18-23(21,22)14-7-12-8-17-20(5)15(12)16-9-14/h7-9,11,13,18H,6,10H2,1-5H3/t13-/m1/s1. The number of sulfonamides is 1. The molecule has 0 unspecified atom stereocenters. The Labute approximate surface area is 137 Å². The Balaban J connectivity index is 2.26. The second-order valence-electron chi connectivity index (χ2n) is 6.56. The normalized spacial score (nSPS) is 14.0. The molecule has 0 spiro atoms. The van der Waals surface area contributed by atoms with Crippen LogP contribution in [0.15, 0.2) is 23.4 Å². The molecule has 2 aromatic rings. The Kier molecular flexibility index (Phi) is 5.38. The molecule has 0 saturated carbocycles. The van der Waals surface area contributed by atoms with Crippen LogP contribution >= 0.6 is 0 Å². The highest BCUT2D eigenvalue weighted by Gasteiger charge is 2.22. The van der Waals surface area contributed by atoms with Gasteiger partial charge in [0.1, 0.15) is 4.90 Å². The number of likely N-dealkylation sites (N-methyl/N-ethyl adjacent to an activating group) is 1. The quantitative estimate of drug-likeness (QED) is 0.820. The highest BCUT2D eigenvalue weighted by molar-refractivity contribution is 7.89. The van der Waals surface area contributed by atoms with Gasteiger partial charge < -0.3 is 4.90 Å². The third kappa shape index (κ3) is 4.49. The van der Waals surface area contributed by atoms with Gasteiger partial charge in [-0.3, -0.25) is 4.68 Å². The van der Waals surface area contributed by atoms with Crippen molar-refractivity contribution in [2.24, 2.45) is 13.0 Å². The van der Waals surface area contributed by atoms with Gasteiger partial charge in [0.2, 0.25) is 10.0 Å². The van der Waals surface area contributed by atoms with Crippen molar-refractivity contribution in [3.63, 3.8) is 0 Å². The summed E-state index contributed by atoms with van der Waals surface area (Å²) in [6.07, 6.45) is 3.78. The van der Waals surface area contributed by atoms with Crippen LogP contribution in [-0.4, -0.2) is 54.8 Å². The second-order valence-corrected chi connectivity index (χ2v) is 8.28. The summed E-state index contributed by atoms with van der Waals surface area (Å²) in [7, 11) is 2.04. The highest BCUT2D eigenvalue weighted by Crippen LogP contribution is 2.17. The summed E-state index contributed by atoms with van der Waals surface area (Å²) in [4.78, 5) is 6.36. The summed E-state index contributed by atoms with van der Waals surface area (Å²) in [6.45, 7) is 4.82. The fourth-order valence-corrected chi connectivity index (χ4v) is 3.85. The highest BCUT2D eigenvalue weighted by atomic mass is 32.2. The largest absolute Gasteiger partial charge is 0.308 e. The number of pyridine rings is 1. The molecular formula is C15H25N5O2S. The van der Waals surface area contributed by atoms with Gasteiger partial charge in [-0.15, -0.1) is 0 Å². The van der Waals surface area contributed by atoms with Gasteiger partial charge in [0.05, 0.1) is 6.20 Å². The number of hydrogen-bond donors (Lipinski definition) is 1. The third-order valence-corrected chi connectivity index (χ3v) is 5.01. The van der Waals surface area contributed by atoms with Gasteiger partial charge in [0, 0.05) is 31.2 Å². The van der Waals surface area contributed by atoms with Gasteiger partial charge in [-0.05, 0) is 32.5 Å². The van der Waals surface area contributed by atoms with Crippen LogP contribution in [0.4, 0.5) is 0 Å². The lowest BCUT2D eigenvalue weighted by Gasteiger charge is -2.23. The number of nitrogens with one attached hydrogen (secondary N) is 1. The van der Waals surface area contributed by atoms with E-state index in [0.717, 1.165) is 6.42 Å². The molecule has 0 aliphatic heterocycles. The zero-order valence-corrected chi connectivity index (χ0v) is 15.1. The molecule has 0 saturated heterocycles. The number of aromatic nitrogens is 3. The summed E-state index contributed by atoms with van der Waals surface area (Å²) in [6, 6.07) is 1.47. The second kappa shape index (κ2) is 6.94. The molecule has 8 heteroatoms. The summed E-state index contributed by atoms with van der Waals surface area (Å²) in [5.41, 5.74) is 0.663. The predicted octanol–water partition coefficient (Wildman–Crippen LogP) is 1.22. The molecule has 2 heterocycles. The minimum Gasteiger partial charge on any atom is -0.308 e. The van der Waals surface area contributed by atoms with Crippen LogP contribution < -0.4 is 4.72 Å². The average Bonchev–Trinajstić information content (AvgIpc) is 2.78. The van der Waals surface area contributed by atoms with E-state index in [0.29, 0.717) is 23.5 Å². The van der Waals surface area contributed by atoms with Crippen LogP contribution in [0.2, 0.25) is 0 Å². The minimum atomic E-state index is -3.61. The molecule has 128 valence electrons. The first kappa shape index (κ1) is 17.8. The maximum Gasteiger partial charge on any atom is 0.242 e. The Morgan fingerprint density at radius 3 is 2.61 bits per heavy atom. The van der Waals surface area contributed by atoms with Crippen LogP contribution in [0.1, 0.15) is 20.3 Å². The van der Waals surface area contributed by atoms with E-state index < -0.39 is 10.0 Å². The first-order valence-electron chi connectivity index (χ1n) is 7.64. The molecule has 0 radical (unpaired) electrons. The maximum absolute atomic E-state index is 12.7. The van der Waals surface area contributed by atoms with Gasteiger partial charge >= 0.3 is 0 Å². The van der Waals surface area contributed by atoms with E-state index in [9.17, 15) is 8.42 Å². The van der Waals surface area contributed by atoms with Crippen molar-refractivity contribution >= 4 is 21.1 Å². The average molecular weight is 339 g/mol. The Bertz CT molecular complexity index is 757. The molecule has 1 N–H and O–H groups in total. The van der Waals surface area contributed by atoms with Crippen molar-refractivity contribution in [3.05, 3.63) is 18.5 Å². The summed E-state index contributed by atoms with van der Waals surface area (Å²) >= 11 is 0. The van der Waals surface area contributed by atoms with Crippen molar-refractivity contribution in [3.8, 4) is 0 Å². The van der Waals surface area contributed by atoms with Crippen molar-refractivity contribution in [1.29, 1.82) is 0 Å². The topological polar surface area (TPSA) is 80.1 Å². The van der Waals surface area contributed by atoms with Crippen LogP contribution in [-0.2, 0) is 17.1 Å². The van der Waals surface area contributed by atoms with Crippen molar-refractivity contribution < 1.29 is 8.42 Å². The zero-order chi connectivity index (χ0) is 17.2. The van der Waals surface area contributed by atoms with E-state index in [2.05, 4.69) is 28.7 Å². The zero-order valence-electron chi connectivity index (χ0n) is 14.3. The number of rotatable bonds is 7. The van der Waals surface area contributed by atoms with E-state index in [-0.39, 0.29) is 10.9 Å². The van der Waals surface area contributed by atoms with E-state index in [4.69, 9.17) is 0 Å². The number of hydrogen-bond acceptors (Lipinski definition) is 5. The Morgan fingerprint density at radius 1 is 1.30 bits per heavy atom. The van der Waals surface area contributed by atoms with Crippen LogP contribution in [0, 0.1) is 5.92 Å². The smallest absolute Gasteiger partial charge is 0.242 e. The number of fused-ring (bicyclic) bond motifs is 1. The molecule has 0 aliphatic carbocycles. The predicted molar refractivity (Wildman–Crippen MR) is 90.6 cm³/mol. The van der Waals surface area contributed by atoms with Gasteiger partial charge in [0.15, 0.2) is 5.65 Å². The van der Waals surface area contributed by atoms with Gasteiger partial charge in [-0.25, -0.2) is 18.1 Å². The fourth-order valence-electron chi connectivity index (χ4n) is 2.63. The van der Waals surface area contributed by atoms with Crippen molar-refractivity contribution in [1.82, 2.24) is 24.4 Å². The molecule has 0 aromatic carbocycles. The lowest BCUT2D eigenvalue weighted by molar-refractivity contribution is 0.329. The minimum absolute atomic E-state index is 0.139. The molecule has 23 heavy (non-hydrogen) atoms. The molecule has 1 atom stereocenters. The first-order chi connectivity index (χ1) is 10.7. The van der Waals surface area contributed by atoms with E-state index in [1.54, 1.807) is 24.0 Å². The fraction of sp³-hybridized carbons (Fsp3) is 0.600. The number of aryl methyl sites for hydroxylation is 1. The SMILES string of the molecule is CC(C)C[C@H](CN(C)C)NS(=O)(=O)c1cnc2c(cnn2C)c1. The van der Waals surface area contributed by atoms with Crippen LogP contribution in [0.5, 0.6) is 0 Å². The summed E-state index contributed by atoms with van der Waals surface area (Å²) in [5, 5.41) is 4.80. The lowest BCUT2D eigenvalue weighted by atomic mass is 10.0. The van der Waals surface area contributed by atoms with Gasteiger partial charge in [0.25, 0.3) is 0 Å². The third-order valence-electron chi connectivity index (χ3n) is 3.52. The Morgan fingerprint density at radius 2 is 2.00 bits per heavy atom. The molecule has 2 rings (SSSR count). The van der Waals surface area contributed by atoms with Crippen molar-refractivity contribution in [2.75, 3.05) is 20.6 Å². The van der Waals surface area contributed by atoms with E-state index >= 15 is 0 Å². The molecule has 0 amide bonds. The molecule has 7 nitrogen and oxygen atoms in total. The van der Waals surface area contributed by atoms with Crippen LogP contribution in [0.25, 0.3) is 11.0 Å². The van der Waals surface area contributed by atoms with Gasteiger partial charge in [-0.2, -0.15) is 5.10 Å². The van der Waals surface area contributed by atoms with E-state index in [1.807, 2.05) is 19.0 Å². The molecular weight excluding hydrogens is 314 g/mol. The van der Waals surface area contributed by atoms with E-state index in [1.165, 1.54) is 6.20 Å². The van der Waals surface area contributed by atoms with Gasteiger partial charge in [-0.1, -0.05) is 13.8 Å². The summed E-state index contributed by atoms with van der Waals surface area (Å²) in [5.74, 6) is 0.404. The summed E-state index contributed by atoms with van der Waals surface area (Å²) < 4.78 is 29.7. The lowest BCUT2D eigenvalue weighted by Crippen LogP contribution is -2.42. The van der Waals surface area contributed by atoms with Crippen molar-refractivity contribution in [2.45, 2.75) is 31.2 Å². The molecule has 0 fully saturated rings. The molecule has 0 aliphatic rings. The molecule has 2 aromatic heterocycles. The van der Waals surface area contributed by atoms with Crippen LogP contribution in [0.3, 0.4) is 0 Å². The maximum atomic E-state index is 12.7. The first-order valence-corrected chi connectivity index (χ1v) is 9.12. The Hall–Kier alpha value is -1.51.